The van der Waals surface area contributed by atoms with Gasteiger partial charge in [-0.15, -0.1) is 0 Å². The second-order valence-electron chi connectivity index (χ2n) is 7.37. The Balaban J connectivity index is 1.56. The Morgan fingerprint density at radius 2 is 1.85 bits per heavy atom. The molecular weight excluding hydrogens is 520 g/mol. The van der Waals surface area contributed by atoms with Gasteiger partial charge in [0.05, 0.1) is 29.6 Å². The van der Waals surface area contributed by atoms with Gasteiger partial charge >= 0.3 is 0 Å². The van der Waals surface area contributed by atoms with Crippen molar-refractivity contribution in [2.24, 2.45) is 0 Å². The highest BCUT2D eigenvalue weighted by molar-refractivity contribution is 9.10. The van der Waals surface area contributed by atoms with E-state index in [0.717, 1.165) is 15.6 Å². The molecule has 0 amide bonds. The molecule has 4 aromatic rings. The van der Waals surface area contributed by atoms with E-state index in [4.69, 9.17) is 13.9 Å². The van der Waals surface area contributed by atoms with E-state index >= 15 is 0 Å². The number of oxazole rings is 1. The van der Waals surface area contributed by atoms with Gasteiger partial charge in [0.25, 0.3) is 6.01 Å². The van der Waals surface area contributed by atoms with Crippen LogP contribution in [0.5, 0.6) is 11.5 Å². The minimum atomic E-state index is -3.38. The molecule has 0 bridgehead atoms. The van der Waals surface area contributed by atoms with E-state index in [-0.39, 0.29) is 16.7 Å². The first-order valence-electron chi connectivity index (χ1n) is 10.5. The number of nitrogens with zero attached hydrogens (tertiary/aromatic N) is 1. The molecule has 0 unspecified atom stereocenters. The Hall–Kier alpha value is -3.30. The summed E-state index contributed by atoms with van der Waals surface area (Å²) in [5, 5.41) is 3.02. The predicted molar refractivity (Wildman–Crippen MR) is 134 cm³/mol. The van der Waals surface area contributed by atoms with E-state index in [9.17, 15) is 8.42 Å². The van der Waals surface area contributed by atoms with Gasteiger partial charge in [-0.3, -0.25) is 0 Å². The molecule has 176 valence electrons. The minimum Gasteiger partial charge on any atom is -0.495 e. The average Bonchev–Trinajstić information content (AvgIpc) is 3.31. The average molecular weight is 543 g/mol. The van der Waals surface area contributed by atoms with Gasteiger partial charge in [0.1, 0.15) is 18.1 Å². The van der Waals surface area contributed by atoms with Crippen molar-refractivity contribution in [2.75, 3.05) is 18.2 Å². The first-order valence-corrected chi connectivity index (χ1v) is 12.9. The molecule has 0 aliphatic heterocycles. The van der Waals surface area contributed by atoms with Crippen LogP contribution in [0.4, 0.5) is 11.7 Å². The van der Waals surface area contributed by atoms with Crippen molar-refractivity contribution in [3.8, 4) is 22.8 Å². The number of hydrogen-bond acceptors (Lipinski definition) is 7. The molecule has 0 spiro atoms. The second-order valence-corrected chi connectivity index (χ2v) is 10.6. The van der Waals surface area contributed by atoms with Crippen LogP contribution >= 0.6 is 15.9 Å². The van der Waals surface area contributed by atoms with Crippen molar-refractivity contribution >= 4 is 37.5 Å². The second kappa shape index (κ2) is 10.3. The summed E-state index contributed by atoms with van der Waals surface area (Å²) in [4.78, 5) is 4.48. The summed E-state index contributed by atoms with van der Waals surface area (Å²) < 4.78 is 42.6. The number of sulfone groups is 1. The molecule has 0 aliphatic carbocycles. The standard InChI is InChI=1S/C25H23BrN2O5S/c1-3-34(29,30)21-9-10-23(31-2)22(14-21)28-25-27-15-24(33-25)18-11-19(26)13-20(12-18)32-16-17-7-5-4-6-8-17/h4-15H,3,16H2,1-2H3,(H,27,28). The molecule has 1 heterocycles. The molecule has 7 nitrogen and oxygen atoms in total. The summed E-state index contributed by atoms with van der Waals surface area (Å²) in [6.45, 7) is 2.04. The zero-order valence-electron chi connectivity index (χ0n) is 18.6. The third-order valence-corrected chi connectivity index (χ3v) is 7.25. The van der Waals surface area contributed by atoms with Crippen molar-refractivity contribution in [3.05, 3.63) is 83.0 Å². The van der Waals surface area contributed by atoms with E-state index in [1.807, 2.05) is 48.5 Å². The number of anilines is 2. The van der Waals surface area contributed by atoms with Crippen LogP contribution in [0.1, 0.15) is 12.5 Å². The van der Waals surface area contributed by atoms with Gasteiger partial charge in [-0.25, -0.2) is 13.4 Å². The molecule has 1 N–H and O–H groups in total. The highest BCUT2D eigenvalue weighted by Crippen LogP contribution is 2.34. The third kappa shape index (κ3) is 5.60. The molecule has 1 aromatic heterocycles. The van der Waals surface area contributed by atoms with Crippen LogP contribution < -0.4 is 14.8 Å². The van der Waals surface area contributed by atoms with Crippen LogP contribution in [0.3, 0.4) is 0 Å². The molecule has 0 aliphatic rings. The number of halogens is 1. The fraction of sp³-hybridized carbons (Fsp3) is 0.160. The largest absolute Gasteiger partial charge is 0.495 e. The van der Waals surface area contributed by atoms with Crippen LogP contribution in [0.2, 0.25) is 0 Å². The smallest absolute Gasteiger partial charge is 0.299 e. The number of rotatable bonds is 9. The number of ether oxygens (including phenoxy) is 2. The lowest BCUT2D eigenvalue weighted by molar-refractivity contribution is 0.306. The van der Waals surface area contributed by atoms with Crippen molar-refractivity contribution in [3.63, 3.8) is 0 Å². The zero-order chi connectivity index (χ0) is 24.1. The lowest BCUT2D eigenvalue weighted by atomic mass is 10.2. The summed E-state index contributed by atoms with van der Waals surface area (Å²) in [6, 6.07) is 20.4. The molecule has 0 atom stereocenters. The number of hydrogen-bond donors (Lipinski definition) is 1. The van der Waals surface area contributed by atoms with Crippen molar-refractivity contribution in [1.29, 1.82) is 0 Å². The quantitative estimate of drug-likeness (QED) is 0.268. The van der Waals surface area contributed by atoms with Gasteiger partial charge in [0.2, 0.25) is 0 Å². The molecule has 0 saturated carbocycles. The first kappa shape index (κ1) is 23.8. The van der Waals surface area contributed by atoms with Crippen LogP contribution in [0.25, 0.3) is 11.3 Å². The summed E-state index contributed by atoms with van der Waals surface area (Å²) in [7, 11) is -1.87. The fourth-order valence-electron chi connectivity index (χ4n) is 3.25. The molecule has 3 aromatic carbocycles. The van der Waals surface area contributed by atoms with Crippen LogP contribution in [0.15, 0.2) is 86.7 Å². The number of benzene rings is 3. The maximum atomic E-state index is 12.3. The fourth-order valence-corrected chi connectivity index (χ4v) is 4.63. The van der Waals surface area contributed by atoms with Gasteiger partial charge in [0, 0.05) is 10.0 Å². The Morgan fingerprint density at radius 1 is 1.06 bits per heavy atom. The Labute approximate surface area is 206 Å². The number of aromatic nitrogens is 1. The minimum absolute atomic E-state index is 0.000515. The predicted octanol–water partition coefficient (Wildman–Crippen LogP) is 6.23. The highest BCUT2D eigenvalue weighted by Gasteiger charge is 2.16. The monoisotopic (exact) mass is 542 g/mol. The van der Waals surface area contributed by atoms with Gasteiger partial charge in [-0.1, -0.05) is 53.2 Å². The van der Waals surface area contributed by atoms with Gasteiger partial charge < -0.3 is 19.2 Å². The van der Waals surface area contributed by atoms with Crippen molar-refractivity contribution in [2.45, 2.75) is 18.4 Å². The SMILES string of the molecule is CCS(=O)(=O)c1ccc(OC)c(Nc2ncc(-c3cc(Br)cc(OCc4ccccc4)c3)o2)c1. The number of methoxy groups -OCH3 is 1. The highest BCUT2D eigenvalue weighted by atomic mass is 79.9. The maximum absolute atomic E-state index is 12.3. The topological polar surface area (TPSA) is 90.7 Å². The molecule has 0 saturated heterocycles. The Bertz CT molecular complexity index is 1390. The van der Waals surface area contributed by atoms with Crippen LogP contribution in [-0.4, -0.2) is 26.3 Å². The van der Waals surface area contributed by atoms with E-state index in [0.29, 0.717) is 29.6 Å². The molecular formula is C25H23BrN2O5S. The van der Waals surface area contributed by atoms with Crippen LogP contribution in [0, 0.1) is 0 Å². The lowest BCUT2D eigenvalue weighted by Crippen LogP contribution is -2.05. The summed E-state index contributed by atoms with van der Waals surface area (Å²) >= 11 is 3.52. The Kier molecular flexibility index (Phi) is 7.23. The Morgan fingerprint density at radius 3 is 2.59 bits per heavy atom. The zero-order valence-corrected chi connectivity index (χ0v) is 21.0. The van der Waals surface area contributed by atoms with Gasteiger partial charge in [0.15, 0.2) is 15.6 Å². The molecule has 0 fully saturated rings. The number of nitrogens with one attached hydrogen (secondary N) is 1. The first-order chi connectivity index (χ1) is 16.4. The lowest BCUT2D eigenvalue weighted by Gasteiger charge is -2.11. The van der Waals surface area contributed by atoms with Crippen molar-refractivity contribution in [1.82, 2.24) is 4.98 Å². The van der Waals surface area contributed by atoms with E-state index in [2.05, 4.69) is 26.2 Å². The summed E-state index contributed by atoms with van der Waals surface area (Å²) in [6.07, 6.45) is 1.59. The maximum Gasteiger partial charge on any atom is 0.299 e. The van der Waals surface area contributed by atoms with Gasteiger partial charge in [-0.2, -0.15) is 0 Å². The van der Waals surface area contributed by atoms with Gasteiger partial charge in [-0.05, 0) is 42.0 Å². The van der Waals surface area contributed by atoms with E-state index < -0.39 is 9.84 Å². The van der Waals surface area contributed by atoms with E-state index in [1.165, 1.54) is 19.2 Å². The van der Waals surface area contributed by atoms with E-state index in [1.54, 1.807) is 19.2 Å². The molecule has 4 rings (SSSR count). The molecule has 34 heavy (non-hydrogen) atoms. The van der Waals surface area contributed by atoms with Crippen molar-refractivity contribution < 1.29 is 22.3 Å². The molecule has 9 heteroatoms. The molecule has 0 radical (unpaired) electrons. The van der Waals surface area contributed by atoms with Crippen LogP contribution in [-0.2, 0) is 16.4 Å². The summed E-state index contributed by atoms with van der Waals surface area (Å²) in [5.74, 6) is 1.66. The normalized spacial score (nSPS) is 11.3. The summed E-state index contributed by atoms with van der Waals surface area (Å²) in [5.41, 5.74) is 2.27. The third-order valence-electron chi connectivity index (χ3n) is 5.06.